The highest BCUT2D eigenvalue weighted by molar-refractivity contribution is 9.10. The third-order valence-electron chi connectivity index (χ3n) is 4.62. The first-order chi connectivity index (χ1) is 12.5. The molecule has 7 heteroatoms. The van der Waals surface area contributed by atoms with Crippen LogP contribution in [0.4, 0.5) is 10.1 Å². The third-order valence-corrected chi connectivity index (χ3v) is 5.12. The molecule has 5 nitrogen and oxygen atoms in total. The number of amides is 1. The molecule has 26 heavy (non-hydrogen) atoms. The number of halogens is 2. The summed E-state index contributed by atoms with van der Waals surface area (Å²) in [6, 6.07) is 4.48. The lowest BCUT2D eigenvalue weighted by Gasteiger charge is -2.09. The molecule has 1 aromatic carbocycles. The van der Waals surface area contributed by atoms with E-state index in [-0.39, 0.29) is 11.4 Å². The Kier molecular flexibility index (Phi) is 4.19. The van der Waals surface area contributed by atoms with Gasteiger partial charge >= 0.3 is 0 Å². The number of furan rings is 1. The molecule has 4 rings (SSSR count). The molecule has 134 valence electrons. The van der Waals surface area contributed by atoms with Crippen LogP contribution in [-0.2, 0) is 19.4 Å². The molecule has 1 aliphatic rings. The van der Waals surface area contributed by atoms with Gasteiger partial charge in [-0.25, -0.2) is 4.39 Å². The SMILES string of the molecule is CCn1cc2c(n1)-c1c(oc(C(=O)Nc3ccc(Br)cc3F)c1C)CC2. The second-order valence-electron chi connectivity index (χ2n) is 6.29. The van der Waals surface area contributed by atoms with Crippen LogP contribution >= 0.6 is 15.9 Å². The fraction of sp³-hybridized carbons (Fsp3) is 0.263. The van der Waals surface area contributed by atoms with Gasteiger partial charge in [-0.2, -0.15) is 5.10 Å². The van der Waals surface area contributed by atoms with E-state index in [0.29, 0.717) is 4.47 Å². The van der Waals surface area contributed by atoms with Crippen molar-refractivity contribution in [3.05, 3.63) is 57.3 Å². The van der Waals surface area contributed by atoms with Crippen LogP contribution < -0.4 is 5.32 Å². The number of rotatable bonds is 3. The summed E-state index contributed by atoms with van der Waals surface area (Å²) in [6.07, 6.45) is 3.60. The van der Waals surface area contributed by atoms with Crippen molar-refractivity contribution in [2.75, 3.05) is 5.32 Å². The highest BCUT2D eigenvalue weighted by Crippen LogP contribution is 2.38. The third kappa shape index (κ3) is 2.76. The maximum atomic E-state index is 14.0. The average molecular weight is 418 g/mol. The van der Waals surface area contributed by atoms with Crippen LogP contribution in [0.2, 0.25) is 0 Å². The van der Waals surface area contributed by atoms with Crippen LogP contribution in [0.15, 0.2) is 33.3 Å². The number of fused-ring (bicyclic) bond motifs is 3. The van der Waals surface area contributed by atoms with Crippen LogP contribution in [0.25, 0.3) is 11.3 Å². The number of hydrogen-bond donors (Lipinski definition) is 1. The second-order valence-corrected chi connectivity index (χ2v) is 7.21. The first kappa shape index (κ1) is 17.0. The van der Waals surface area contributed by atoms with E-state index in [9.17, 15) is 9.18 Å². The first-order valence-corrected chi connectivity index (χ1v) is 9.22. The van der Waals surface area contributed by atoms with E-state index in [1.54, 1.807) is 6.07 Å². The molecule has 2 aromatic heterocycles. The monoisotopic (exact) mass is 417 g/mol. The number of carbonyl (C=O) groups is 1. The molecular weight excluding hydrogens is 401 g/mol. The van der Waals surface area contributed by atoms with Crippen molar-refractivity contribution in [1.29, 1.82) is 0 Å². The molecule has 0 saturated carbocycles. The Morgan fingerprint density at radius 3 is 2.96 bits per heavy atom. The Bertz CT molecular complexity index is 1020. The zero-order valence-electron chi connectivity index (χ0n) is 14.4. The standard InChI is InChI=1S/C19H17BrFN3O2/c1-3-24-9-11-4-7-15-16(17(11)23-24)10(2)18(26-15)19(25)22-14-6-5-12(20)8-13(14)21/h5-6,8-9H,3-4,7H2,1-2H3,(H,22,25). The number of nitrogens with one attached hydrogen (secondary N) is 1. The predicted octanol–water partition coefficient (Wildman–Crippen LogP) is 4.72. The van der Waals surface area contributed by atoms with Gasteiger partial charge in [0.15, 0.2) is 5.76 Å². The summed E-state index contributed by atoms with van der Waals surface area (Å²) >= 11 is 3.20. The quantitative estimate of drug-likeness (QED) is 0.670. The topological polar surface area (TPSA) is 60.1 Å². The van der Waals surface area contributed by atoms with E-state index in [4.69, 9.17) is 4.42 Å². The van der Waals surface area contributed by atoms with E-state index in [1.165, 1.54) is 12.1 Å². The summed E-state index contributed by atoms with van der Waals surface area (Å²) < 4.78 is 22.3. The summed E-state index contributed by atoms with van der Waals surface area (Å²) in [4.78, 5) is 12.7. The average Bonchev–Trinajstić information content (AvgIpc) is 3.18. The Morgan fingerprint density at radius 1 is 1.42 bits per heavy atom. The zero-order chi connectivity index (χ0) is 18.4. The second kappa shape index (κ2) is 6.39. The maximum Gasteiger partial charge on any atom is 0.291 e. The molecule has 0 spiro atoms. The summed E-state index contributed by atoms with van der Waals surface area (Å²) in [7, 11) is 0. The van der Waals surface area contributed by atoms with E-state index in [2.05, 4.69) is 26.3 Å². The summed E-state index contributed by atoms with van der Waals surface area (Å²) in [5.41, 5.74) is 3.78. The fourth-order valence-corrected chi connectivity index (χ4v) is 3.65. The largest absolute Gasteiger partial charge is 0.455 e. The fourth-order valence-electron chi connectivity index (χ4n) is 3.31. The van der Waals surface area contributed by atoms with Crippen LogP contribution in [-0.4, -0.2) is 15.7 Å². The van der Waals surface area contributed by atoms with Gasteiger partial charge in [0.05, 0.1) is 11.4 Å². The van der Waals surface area contributed by atoms with Gasteiger partial charge in [-0.3, -0.25) is 9.48 Å². The molecule has 0 saturated heterocycles. The summed E-state index contributed by atoms with van der Waals surface area (Å²) in [5, 5.41) is 7.20. The lowest BCUT2D eigenvalue weighted by molar-refractivity contribution is 0.0993. The minimum Gasteiger partial charge on any atom is -0.455 e. The molecule has 2 heterocycles. The zero-order valence-corrected chi connectivity index (χ0v) is 16.0. The summed E-state index contributed by atoms with van der Waals surface area (Å²) in [5.74, 6) is -0.00531. The highest BCUT2D eigenvalue weighted by Gasteiger charge is 2.29. The number of hydrogen-bond acceptors (Lipinski definition) is 3. The van der Waals surface area contributed by atoms with E-state index in [1.807, 2.05) is 24.7 Å². The molecule has 0 fully saturated rings. The molecule has 0 unspecified atom stereocenters. The first-order valence-electron chi connectivity index (χ1n) is 8.43. The van der Waals surface area contributed by atoms with Gasteiger partial charge in [0.1, 0.15) is 11.6 Å². The maximum absolute atomic E-state index is 14.0. The smallest absolute Gasteiger partial charge is 0.291 e. The molecule has 1 aliphatic carbocycles. The van der Waals surface area contributed by atoms with Crippen molar-refractivity contribution in [1.82, 2.24) is 9.78 Å². The molecule has 0 radical (unpaired) electrons. The van der Waals surface area contributed by atoms with Gasteiger partial charge in [-0.15, -0.1) is 0 Å². The van der Waals surface area contributed by atoms with Crippen LogP contribution in [0.3, 0.4) is 0 Å². The van der Waals surface area contributed by atoms with Crippen molar-refractivity contribution in [3.8, 4) is 11.3 Å². The normalized spacial score (nSPS) is 12.6. The number of benzene rings is 1. The highest BCUT2D eigenvalue weighted by atomic mass is 79.9. The lowest BCUT2D eigenvalue weighted by Crippen LogP contribution is -2.13. The molecule has 0 bridgehead atoms. The number of carbonyl (C=O) groups excluding carboxylic acids is 1. The molecule has 1 amide bonds. The van der Waals surface area contributed by atoms with Gasteiger partial charge in [-0.1, -0.05) is 15.9 Å². The predicted molar refractivity (Wildman–Crippen MR) is 99.8 cm³/mol. The number of nitrogens with zero attached hydrogens (tertiary/aromatic N) is 2. The molecule has 0 atom stereocenters. The minimum atomic E-state index is -0.509. The Labute approximate surface area is 158 Å². The Morgan fingerprint density at radius 2 is 2.23 bits per heavy atom. The van der Waals surface area contributed by atoms with Crippen LogP contribution in [0, 0.1) is 12.7 Å². The Balaban J connectivity index is 1.70. The lowest BCUT2D eigenvalue weighted by atomic mass is 9.93. The molecule has 3 aromatic rings. The molecule has 1 N–H and O–H groups in total. The number of aryl methyl sites for hydroxylation is 3. The van der Waals surface area contributed by atoms with Crippen molar-refractivity contribution < 1.29 is 13.6 Å². The molecular formula is C19H17BrFN3O2. The van der Waals surface area contributed by atoms with Gasteiger partial charge in [0.2, 0.25) is 0 Å². The van der Waals surface area contributed by atoms with Gasteiger partial charge in [0.25, 0.3) is 5.91 Å². The van der Waals surface area contributed by atoms with Crippen LogP contribution in [0.5, 0.6) is 0 Å². The summed E-state index contributed by atoms with van der Waals surface area (Å²) in [6.45, 7) is 4.66. The van der Waals surface area contributed by atoms with Crippen LogP contribution in [0.1, 0.15) is 34.4 Å². The minimum absolute atomic E-state index is 0.114. The van der Waals surface area contributed by atoms with Gasteiger partial charge in [0, 0.05) is 34.8 Å². The van der Waals surface area contributed by atoms with Crippen molar-refractivity contribution in [2.24, 2.45) is 0 Å². The van der Waals surface area contributed by atoms with E-state index in [0.717, 1.165) is 47.5 Å². The van der Waals surface area contributed by atoms with Gasteiger partial charge in [-0.05, 0) is 44.0 Å². The van der Waals surface area contributed by atoms with E-state index >= 15 is 0 Å². The van der Waals surface area contributed by atoms with E-state index < -0.39 is 11.7 Å². The number of anilines is 1. The van der Waals surface area contributed by atoms with Crippen molar-refractivity contribution >= 4 is 27.5 Å². The number of aromatic nitrogens is 2. The van der Waals surface area contributed by atoms with Crippen molar-refractivity contribution in [2.45, 2.75) is 33.2 Å². The van der Waals surface area contributed by atoms with Crippen molar-refractivity contribution in [3.63, 3.8) is 0 Å². The Hall–Kier alpha value is -2.41. The van der Waals surface area contributed by atoms with Gasteiger partial charge < -0.3 is 9.73 Å². The molecule has 0 aliphatic heterocycles.